The molecular formula is C15H29N3O5S. The van der Waals surface area contributed by atoms with Crippen LogP contribution in [0.25, 0.3) is 0 Å². The van der Waals surface area contributed by atoms with E-state index < -0.39 is 10.0 Å². The number of likely N-dealkylation sites (tertiary alicyclic amines) is 1. The molecule has 0 aromatic carbocycles. The molecule has 2 heterocycles. The number of sulfonamides is 1. The normalized spacial score (nSPS) is 23.1. The molecule has 0 radical (unpaired) electrons. The number of carbonyl (C=O) groups excluding carboxylic acids is 1. The molecule has 1 amide bonds. The molecular weight excluding hydrogens is 334 g/mol. The molecule has 2 aliphatic rings. The van der Waals surface area contributed by atoms with Crippen LogP contribution in [0.3, 0.4) is 0 Å². The van der Waals surface area contributed by atoms with Crippen molar-refractivity contribution in [3.63, 3.8) is 0 Å². The second-order valence-corrected chi connectivity index (χ2v) is 8.18. The van der Waals surface area contributed by atoms with Crippen molar-refractivity contribution in [2.24, 2.45) is 0 Å². The Kier molecular flexibility index (Phi) is 7.42. The zero-order valence-electron chi connectivity index (χ0n) is 14.6. The topological polar surface area (TPSA) is 79.4 Å². The molecule has 2 aliphatic heterocycles. The van der Waals surface area contributed by atoms with Gasteiger partial charge in [-0.15, -0.1) is 0 Å². The summed E-state index contributed by atoms with van der Waals surface area (Å²) in [5, 5.41) is 0. The van der Waals surface area contributed by atoms with Crippen LogP contribution >= 0.6 is 0 Å². The van der Waals surface area contributed by atoms with Crippen molar-refractivity contribution in [2.45, 2.75) is 19.4 Å². The van der Waals surface area contributed by atoms with E-state index in [0.29, 0.717) is 52.4 Å². The number of morpholine rings is 1. The van der Waals surface area contributed by atoms with Gasteiger partial charge in [-0.3, -0.25) is 9.69 Å². The highest BCUT2D eigenvalue weighted by Gasteiger charge is 2.34. The van der Waals surface area contributed by atoms with Gasteiger partial charge in [-0.05, 0) is 13.3 Å². The van der Waals surface area contributed by atoms with Crippen LogP contribution in [-0.2, 0) is 24.3 Å². The number of nitrogens with zero attached hydrogens (tertiary/aromatic N) is 3. The summed E-state index contributed by atoms with van der Waals surface area (Å²) in [5.41, 5.74) is 0. The zero-order valence-corrected chi connectivity index (χ0v) is 15.5. The zero-order chi connectivity index (χ0) is 17.6. The third kappa shape index (κ3) is 5.66. The van der Waals surface area contributed by atoms with Gasteiger partial charge in [-0.2, -0.15) is 4.31 Å². The Hall–Kier alpha value is -0.740. The third-order valence-electron chi connectivity index (χ3n) is 4.52. The second-order valence-electron chi connectivity index (χ2n) is 6.25. The average Bonchev–Trinajstić information content (AvgIpc) is 3.02. The van der Waals surface area contributed by atoms with E-state index in [4.69, 9.17) is 9.47 Å². The minimum absolute atomic E-state index is 0.0653. The first-order valence-electron chi connectivity index (χ1n) is 8.54. The summed E-state index contributed by atoms with van der Waals surface area (Å²) >= 11 is 0. The van der Waals surface area contributed by atoms with E-state index in [1.165, 1.54) is 6.26 Å². The minimum Gasteiger partial charge on any atom is -0.379 e. The first kappa shape index (κ1) is 19.6. The number of carbonyl (C=O) groups is 1. The smallest absolute Gasteiger partial charge is 0.248 e. The average molecular weight is 363 g/mol. The van der Waals surface area contributed by atoms with Crippen molar-refractivity contribution < 1.29 is 22.7 Å². The van der Waals surface area contributed by atoms with E-state index in [0.717, 1.165) is 13.1 Å². The molecule has 1 atom stereocenters. The summed E-state index contributed by atoms with van der Waals surface area (Å²) in [6.45, 7) is 7.65. The highest BCUT2D eigenvalue weighted by Crippen LogP contribution is 2.18. The first-order chi connectivity index (χ1) is 11.4. The molecule has 8 nitrogen and oxygen atoms in total. The Bertz CT molecular complexity index is 507. The van der Waals surface area contributed by atoms with Gasteiger partial charge in [0.2, 0.25) is 15.9 Å². The molecule has 24 heavy (non-hydrogen) atoms. The van der Waals surface area contributed by atoms with Gasteiger partial charge in [0.05, 0.1) is 19.5 Å². The van der Waals surface area contributed by atoms with Crippen LogP contribution in [0, 0.1) is 0 Å². The first-order valence-corrected chi connectivity index (χ1v) is 10.4. The van der Waals surface area contributed by atoms with Gasteiger partial charge in [-0.25, -0.2) is 8.42 Å². The Morgan fingerprint density at radius 1 is 1.29 bits per heavy atom. The predicted molar refractivity (Wildman–Crippen MR) is 90.3 cm³/mol. The largest absolute Gasteiger partial charge is 0.379 e. The summed E-state index contributed by atoms with van der Waals surface area (Å²) in [5.74, 6) is -0.0685. The van der Waals surface area contributed by atoms with E-state index in [-0.39, 0.29) is 18.6 Å². The van der Waals surface area contributed by atoms with Gasteiger partial charge >= 0.3 is 0 Å². The molecule has 0 aromatic heterocycles. The lowest BCUT2D eigenvalue weighted by molar-refractivity contribution is -0.135. The van der Waals surface area contributed by atoms with Crippen molar-refractivity contribution in [1.82, 2.24) is 14.1 Å². The van der Waals surface area contributed by atoms with Crippen LogP contribution in [0.15, 0.2) is 0 Å². The summed E-state index contributed by atoms with van der Waals surface area (Å²) < 4.78 is 36.4. The summed E-state index contributed by atoms with van der Waals surface area (Å²) in [7, 11) is -3.31. The highest BCUT2D eigenvalue weighted by molar-refractivity contribution is 7.88. The Morgan fingerprint density at radius 2 is 2.00 bits per heavy atom. The van der Waals surface area contributed by atoms with E-state index in [2.05, 4.69) is 4.90 Å². The van der Waals surface area contributed by atoms with Crippen LogP contribution in [0.2, 0.25) is 0 Å². The molecule has 9 heteroatoms. The van der Waals surface area contributed by atoms with Crippen LogP contribution in [0.5, 0.6) is 0 Å². The molecule has 1 unspecified atom stereocenters. The van der Waals surface area contributed by atoms with Crippen LogP contribution < -0.4 is 0 Å². The monoisotopic (exact) mass is 363 g/mol. The second kappa shape index (κ2) is 9.10. The van der Waals surface area contributed by atoms with Crippen LogP contribution in [-0.4, -0.2) is 106 Å². The van der Waals surface area contributed by atoms with E-state index in [1.807, 2.05) is 6.92 Å². The number of ether oxygens (including phenoxy) is 2. The van der Waals surface area contributed by atoms with Crippen molar-refractivity contribution in [2.75, 3.05) is 72.0 Å². The Balaban J connectivity index is 1.90. The third-order valence-corrected chi connectivity index (χ3v) is 5.85. The lowest BCUT2D eigenvalue weighted by Gasteiger charge is -2.31. The molecule has 0 aliphatic carbocycles. The number of amides is 1. The fraction of sp³-hybridized carbons (Fsp3) is 0.933. The van der Waals surface area contributed by atoms with E-state index in [9.17, 15) is 13.2 Å². The number of hydrogen-bond donors (Lipinski definition) is 0. The number of hydrogen-bond acceptors (Lipinski definition) is 6. The van der Waals surface area contributed by atoms with Crippen LogP contribution in [0.1, 0.15) is 13.3 Å². The molecule has 0 aromatic rings. The molecule has 0 spiro atoms. The van der Waals surface area contributed by atoms with Gasteiger partial charge in [0.15, 0.2) is 0 Å². The van der Waals surface area contributed by atoms with E-state index >= 15 is 0 Å². The van der Waals surface area contributed by atoms with Crippen molar-refractivity contribution in [3.05, 3.63) is 0 Å². The highest BCUT2D eigenvalue weighted by atomic mass is 32.2. The molecule has 0 bridgehead atoms. The maximum Gasteiger partial charge on any atom is 0.248 e. The van der Waals surface area contributed by atoms with Gasteiger partial charge in [-0.1, -0.05) is 0 Å². The SMILES string of the molecule is CCOCC(=O)N1CCC(N(CCN2CCOCC2)S(C)(=O)=O)C1. The molecule has 2 saturated heterocycles. The van der Waals surface area contributed by atoms with Crippen molar-refractivity contribution >= 4 is 15.9 Å². The maximum absolute atomic E-state index is 12.2. The fourth-order valence-corrected chi connectivity index (χ4v) is 4.29. The van der Waals surface area contributed by atoms with Crippen LogP contribution in [0.4, 0.5) is 0 Å². The molecule has 0 saturated carbocycles. The van der Waals surface area contributed by atoms with Gasteiger partial charge in [0.25, 0.3) is 0 Å². The lowest BCUT2D eigenvalue weighted by Crippen LogP contribution is -2.47. The standard InChI is InChI=1S/C15H29N3O5S/c1-3-22-13-15(19)17-5-4-14(12-17)18(24(2,20)21)7-6-16-8-10-23-11-9-16/h14H,3-13H2,1-2H3. The van der Waals surface area contributed by atoms with Gasteiger partial charge in [0, 0.05) is 51.9 Å². The van der Waals surface area contributed by atoms with Gasteiger partial charge in [0.1, 0.15) is 6.61 Å². The number of rotatable bonds is 8. The molecule has 2 fully saturated rings. The van der Waals surface area contributed by atoms with E-state index in [1.54, 1.807) is 9.21 Å². The van der Waals surface area contributed by atoms with Gasteiger partial charge < -0.3 is 14.4 Å². The summed E-state index contributed by atoms with van der Waals surface area (Å²) in [6.07, 6.45) is 1.92. The fourth-order valence-electron chi connectivity index (χ4n) is 3.17. The molecule has 0 N–H and O–H groups in total. The summed E-state index contributed by atoms with van der Waals surface area (Å²) in [6, 6.07) is -0.147. The minimum atomic E-state index is -3.31. The van der Waals surface area contributed by atoms with Crippen molar-refractivity contribution in [1.29, 1.82) is 0 Å². The lowest BCUT2D eigenvalue weighted by atomic mass is 10.2. The Morgan fingerprint density at radius 3 is 2.62 bits per heavy atom. The summed E-state index contributed by atoms with van der Waals surface area (Å²) in [4.78, 5) is 16.0. The molecule has 2 rings (SSSR count). The van der Waals surface area contributed by atoms with Crippen molar-refractivity contribution in [3.8, 4) is 0 Å². The predicted octanol–water partition coefficient (Wildman–Crippen LogP) is -0.782. The molecule has 140 valence electrons. The quantitative estimate of drug-likeness (QED) is 0.563. The maximum atomic E-state index is 12.2. The Labute approximate surface area is 144 Å².